The first kappa shape index (κ1) is 13.1. The van der Waals surface area contributed by atoms with Crippen molar-refractivity contribution in [3.63, 3.8) is 0 Å². The number of likely N-dealkylation sites (tertiary alicyclic amines) is 1. The van der Waals surface area contributed by atoms with Crippen LogP contribution in [0.2, 0.25) is 0 Å². The number of aromatic nitrogens is 3. The van der Waals surface area contributed by atoms with Crippen LogP contribution in [0.25, 0.3) is 5.65 Å². The second-order valence-electron chi connectivity index (χ2n) is 4.97. The number of esters is 1. The molecule has 2 aromatic heterocycles. The first-order valence-electron chi connectivity index (χ1n) is 6.91. The second-order valence-corrected chi connectivity index (χ2v) is 4.97. The van der Waals surface area contributed by atoms with Crippen LogP contribution in [0, 0.1) is 0 Å². The molecule has 1 fully saturated rings. The number of rotatable bonds is 3. The summed E-state index contributed by atoms with van der Waals surface area (Å²) in [5, 5.41) is 4.53. The smallest absolute Gasteiger partial charge is 0.339 e. The molecule has 1 atom stereocenters. The van der Waals surface area contributed by atoms with Gasteiger partial charge in [0.05, 0.1) is 18.7 Å². The molecule has 0 spiro atoms. The maximum absolute atomic E-state index is 11.5. The Balaban J connectivity index is 1.96. The molecule has 0 aromatic carbocycles. The lowest BCUT2D eigenvalue weighted by Gasteiger charge is -2.19. The highest BCUT2D eigenvalue weighted by molar-refractivity contribution is 5.89. The molecule has 2 aromatic rings. The van der Waals surface area contributed by atoms with Gasteiger partial charge in [-0.2, -0.15) is 0 Å². The Kier molecular flexibility index (Phi) is 3.40. The molecule has 0 aliphatic carbocycles. The molecule has 0 saturated carbocycles. The third kappa shape index (κ3) is 2.16. The van der Waals surface area contributed by atoms with Gasteiger partial charge < -0.3 is 4.74 Å². The summed E-state index contributed by atoms with van der Waals surface area (Å²) in [7, 11) is 1.37. The minimum atomic E-state index is -0.361. The van der Waals surface area contributed by atoms with Gasteiger partial charge in [0.1, 0.15) is 0 Å². The second kappa shape index (κ2) is 5.20. The molecule has 3 heterocycles. The molecule has 20 heavy (non-hydrogen) atoms. The van der Waals surface area contributed by atoms with Gasteiger partial charge in [-0.15, -0.1) is 5.10 Å². The number of hydrogen-bond acceptors (Lipinski definition) is 5. The van der Waals surface area contributed by atoms with Crippen LogP contribution in [-0.4, -0.2) is 45.7 Å². The molecule has 0 bridgehead atoms. The lowest BCUT2D eigenvalue weighted by Crippen LogP contribution is -2.23. The van der Waals surface area contributed by atoms with E-state index < -0.39 is 0 Å². The summed E-state index contributed by atoms with van der Waals surface area (Å²) in [6.07, 6.45) is 3.94. The topological polar surface area (TPSA) is 59.7 Å². The molecule has 0 N–H and O–H groups in total. The van der Waals surface area contributed by atoms with E-state index in [0.717, 1.165) is 31.0 Å². The van der Waals surface area contributed by atoms with Crippen molar-refractivity contribution in [1.29, 1.82) is 0 Å². The van der Waals surface area contributed by atoms with Crippen molar-refractivity contribution in [3.05, 3.63) is 29.7 Å². The summed E-state index contributed by atoms with van der Waals surface area (Å²) in [5.41, 5.74) is 1.24. The Hall–Kier alpha value is -1.95. The van der Waals surface area contributed by atoms with Crippen LogP contribution in [0.15, 0.2) is 18.3 Å². The Morgan fingerprint density at radius 1 is 1.50 bits per heavy atom. The molecule has 1 aliphatic rings. The van der Waals surface area contributed by atoms with Crippen LogP contribution < -0.4 is 0 Å². The summed E-state index contributed by atoms with van der Waals surface area (Å²) < 4.78 is 6.38. The van der Waals surface area contributed by atoms with Gasteiger partial charge in [-0.25, -0.2) is 14.3 Å². The van der Waals surface area contributed by atoms with Gasteiger partial charge in [-0.05, 0) is 38.1 Å². The van der Waals surface area contributed by atoms with Gasteiger partial charge in [0, 0.05) is 6.20 Å². The minimum absolute atomic E-state index is 0.293. The molecular formula is C14H18N4O2. The summed E-state index contributed by atoms with van der Waals surface area (Å²) in [5.74, 6) is 0.478. The van der Waals surface area contributed by atoms with Crippen molar-refractivity contribution < 1.29 is 9.53 Å². The summed E-state index contributed by atoms with van der Waals surface area (Å²) in [4.78, 5) is 18.5. The Morgan fingerprint density at radius 3 is 3.10 bits per heavy atom. The maximum Gasteiger partial charge on any atom is 0.339 e. The molecule has 0 amide bonds. The molecule has 1 aliphatic heterocycles. The summed E-state index contributed by atoms with van der Waals surface area (Å²) >= 11 is 0. The van der Waals surface area contributed by atoms with E-state index in [1.807, 2.05) is 0 Å². The third-order valence-corrected chi connectivity index (χ3v) is 3.84. The number of carbonyl (C=O) groups excluding carboxylic acids is 1. The summed E-state index contributed by atoms with van der Waals surface area (Å²) in [6, 6.07) is 3.81. The van der Waals surface area contributed by atoms with E-state index in [-0.39, 0.29) is 5.97 Å². The van der Waals surface area contributed by atoms with Crippen molar-refractivity contribution in [1.82, 2.24) is 19.5 Å². The molecule has 6 nitrogen and oxygen atoms in total. The van der Waals surface area contributed by atoms with Crippen molar-refractivity contribution in [2.24, 2.45) is 0 Å². The van der Waals surface area contributed by atoms with E-state index in [4.69, 9.17) is 4.74 Å². The van der Waals surface area contributed by atoms with Gasteiger partial charge in [0.25, 0.3) is 0 Å². The van der Waals surface area contributed by atoms with Crippen LogP contribution in [-0.2, 0) is 4.74 Å². The minimum Gasteiger partial charge on any atom is -0.465 e. The number of pyridine rings is 1. The van der Waals surface area contributed by atoms with E-state index in [1.165, 1.54) is 13.5 Å². The van der Waals surface area contributed by atoms with Gasteiger partial charge in [0.2, 0.25) is 0 Å². The number of hydrogen-bond donors (Lipinski definition) is 0. The number of nitrogens with zero attached hydrogens (tertiary/aromatic N) is 4. The van der Waals surface area contributed by atoms with Crippen molar-refractivity contribution in [2.45, 2.75) is 25.8 Å². The Labute approximate surface area is 117 Å². The third-order valence-electron chi connectivity index (χ3n) is 3.84. The maximum atomic E-state index is 11.5. The van der Waals surface area contributed by atoms with Gasteiger partial charge >= 0.3 is 5.97 Å². The standard InChI is InChI=1S/C14H18N4O2/c1-3-17-8-4-5-11(17)13-15-12-7-6-10(14(19)20-2)9-18(12)16-13/h6-7,9,11H,3-5,8H2,1-2H3. The highest BCUT2D eigenvalue weighted by atomic mass is 16.5. The van der Waals surface area contributed by atoms with E-state index >= 15 is 0 Å². The average Bonchev–Trinajstić information content (AvgIpc) is 3.10. The molecule has 3 rings (SSSR count). The predicted molar refractivity (Wildman–Crippen MR) is 73.5 cm³/mol. The fourth-order valence-electron chi connectivity index (χ4n) is 2.78. The normalized spacial score (nSPS) is 19.6. The fourth-order valence-corrected chi connectivity index (χ4v) is 2.78. The zero-order chi connectivity index (χ0) is 14.1. The van der Waals surface area contributed by atoms with E-state index in [2.05, 4.69) is 21.9 Å². The molecule has 1 saturated heterocycles. The first-order valence-corrected chi connectivity index (χ1v) is 6.91. The fraction of sp³-hybridized carbons (Fsp3) is 0.500. The van der Waals surface area contributed by atoms with E-state index in [0.29, 0.717) is 11.6 Å². The zero-order valence-electron chi connectivity index (χ0n) is 11.7. The quantitative estimate of drug-likeness (QED) is 0.797. The predicted octanol–water partition coefficient (Wildman–Crippen LogP) is 1.67. The van der Waals surface area contributed by atoms with E-state index in [1.54, 1.807) is 22.8 Å². The van der Waals surface area contributed by atoms with Crippen molar-refractivity contribution >= 4 is 11.6 Å². The van der Waals surface area contributed by atoms with Crippen LogP contribution in [0.4, 0.5) is 0 Å². The molecular weight excluding hydrogens is 256 g/mol. The number of carbonyl (C=O) groups is 1. The zero-order valence-corrected chi connectivity index (χ0v) is 11.7. The molecule has 1 unspecified atom stereocenters. The lowest BCUT2D eigenvalue weighted by molar-refractivity contribution is 0.0600. The van der Waals surface area contributed by atoms with Crippen LogP contribution in [0.5, 0.6) is 0 Å². The van der Waals surface area contributed by atoms with Gasteiger partial charge in [-0.3, -0.25) is 4.90 Å². The van der Waals surface area contributed by atoms with Crippen molar-refractivity contribution in [2.75, 3.05) is 20.2 Å². The van der Waals surface area contributed by atoms with E-state index in [9.17, 15) is 4.79 Å². The highest BCUT2D eigenvalue weighted by Crippen LogP contribution is 2.29. The van der Waals surface area contributed by atoms with Crippen molar-refractivity contribution in [3.8, 4) is 0 Å². The Morgan fingerprint density at radius 2 is 2.35 bits per heavy atom. The lowest BCUT2D eigenvalue weighted by atomic mass is 10.2. The number of fused-ring (bicyclic) bond motifs is 1. The number of ether oxygens (including phenoxy) is 1. The van der Waals surface area contributed by atoms with Crippen LogP contribution >= 0.6 is 0 Å². The largest absolute Gasteiger partial charge is 0.465 e. The highest BCUT2D eigenvalue weighted by Gasteiger charge is 2.28. The first-order chi connectivity index (χ1) is 9.72. The number of methoxy groups -OCH3 is 1. The Bertz CT molecular complexity index is 637. The van der Waals surface area contributed by atoms with Crippen LogP contribution in [0.1, 0.15) is 42.0 Å². The monoisotopic (exact) mass is 274 g/mol. The molecule has 6 heteroatoms. The summed E-state index contributed by atoms with van der Waals surface area (Å²) in [6.45, 7) is 4.27. The SMILES string of the molecule is CCN1CCCC1c1nc2ccc(C(=O)OC)cn2n1. The molecule has 0 radical (unpaired) electrons. The molecule has 106 valence electrons. The average molecular weight is 274 g/mol. The van der Waals surface area contributed by atoms with Gasteiger partial charge in [0.15, 0.2) is 11.5 Å². The van der Waals surface area contributed by atoms with Crippen LogP contribution in [0.3, 0.4) is 0 Å². The van der Waals surface area contributed by atoms with Gasteiger partial charge in [-0.1, -0.05) is 6.92 Å².